The largest absolute Gasteiger partial charge is 0.497 e. The standard InChI is InChI=1S/C18H18O2S/c1-20-14-6-2-5-13(11-14)12-16-15(7-3-8-17(16)19)18-9-4-10-21-18/h2,4-6,9-12,15H,3,7-8H2,1H3. The number of hydrogen-bond donors (Lipinski definition) is 0. The number of ketones is 1. The smallest absolute Gasteiger partial charge is 0.159 e. The van der Waals surface area contributed by atoms with Crippen LogP contribution in [0.1, 0.15) is 35.6 Å². The van der Waals surface area contributed by atoms with Crippen molar-refractivity contribution in [3.8, 4) is 5.75 Å². The lowest BCUT2D eigenvalue weighted by Crippen LogP contribution is -2.16. The molecule has 3 rings (SSSR count). The maximum absolute atomic E-state index is 12.4. The van der Waals surface area contributed by atoms with E-state index in [0.717, 1.165) is 29.7 Å². The quantitative estimate of drug-likeness (QED) is 0.769. The first-order valence-electron chi connectivity index (χ1n) is 7.20. The van der Waals surface area contributed by atoms with Gasteiger partial charge in [-0.15, -0.1) is 11.3 Å². The third-order valence-electron chi connectivity index (χ3n) is 3.90. The van der Waals surface area contributed by atoms with Gasteiger partial charge in [0, 0.05) is 22.8 Å². The van der Waals surface area contributed by atoms with E-state index in [-0.39, 0.29) is 11.7 Å². The van der Waals surface area contributed by atoms with Crippen molar-refractivity contribution in [3.05, 3.63) is 57.8 Å². The Balaban J connectivity index is 1.98. The van der Waals surface area contributed by atoms with Crippen LogP contribution in [0.3, 0.4) is 0 Å². The minimum atomic E-state index is 0.248. The first-order chi connectivity index (χ1) is 10.3. The Morgan fingerprint density at radius 2 is 2.19 bits per heavy atom. The maximum atomic E-state index is 12.4. The number of hydrogen-bond acceptors (Lipinski definition) is 3. The molecule has 2 nitrogen and oxygen atoms in total. The second kappa shape index (κ2) is 6.27. The van der Waals surface area contributed by atoms with Gasteiger partial charge in [0.2, 0.25) is 0 Å². The molecule has 3 heteroatoms. The molecule has 1 fully saturated rings. The van der Waals surface area contributed by atoms with E-state index in [9.17, 15) is 4.79 Å². The Labute approximate surface area is 129 Å². The number of allylic oxidation sites excluding steroid dienone is 1. The molecule has 2 aromatic rings. The van der Waals surface area contributed by atoms with Crippen LogP contribution in [0.15, 0.2) is 47.4 Å². The molecule has 0 N–H and O–H groups in total. The van der Waals surface area contributed by atoms with E-state index >= 15 is 0 Å². The van der Waals surface area contributed by atoms with Crippen LogP contribution in [0, 0.1) is 0 Å². The molecule has 0 spiro atoms. The van der Waals surface area contributed by atoms with Gasteiger partial charge in [-0.2, -0.15) is 0 Å². The molecule has 0 saturated heterocycles. The molecule has 1 saturated carbocycles. The second-order valence-electron chi connectivity index (χ2n) is 5.26. The number of thiophene rings is 1. The van der Waals surface area contributed by atoms with Gasteiger partial charge in [0.05, 0.1) is 7.11 Å². The summed E-state index contributed by atoms with van der Waals surface area (Å²) in [5, 5.41) is 2.08. The van der Waals surface area contributed by atoms with Crippen LogP contribution in [0.2, 0.25) is 0 Å². The molecule has 1 unspecified atom stereocenters. The first-order valence-corrected chi connectivity index (χ1v) is 8.08. The fourth-order valence-corrected chi connectivity index (χ4v) is 3.72. The number of carbonyl (C=O) groups excluding carboxylic acids is 1. The summed E-state index contributed by atoms with van der Waals surface area (Å²) >= 11 is 1.74. The minimum absolute atomic E-state index is 0.248. The van der Waals surface area contributed by atoms with Gasteiger partial charge in [-0.05, 0) is 48.1 Å². The topological polar surface area (TPSA) is 26.3 Å². The summed E-state index contributed by atoms with van der Waals surface area (Å²) in [5.74, 6) is 1.35. The van der Waals surface area contributed by atoms with Gasteiger partial charge in [0.25, 0.3) is 0 Å². The Hall–Kier alpha value is -1.87. The lowest BCUT2D eigenvalue weighted by molar-refractivity contribution is -0.116. The minimum Gasteiger partial charge on any atom is -0.497 e. The SMILES string of the molecule is COc1cccc(C=C2C(=O)CCCC2c2cccs2)c1. The maximum Gasteiger partial charge on any atom is 0.159 e. The van der Waals surface area contributed by atoms with Crippen molar-refractivity contribution in [2.75, 3.05) is 7.11 Å². The average molecular weight is 298 g/mol. The van der Waals surface area contributed by atoms with Crippen molar-refractivity contribution < 1.29 is 9.53 Å². The Bertz CT molecular complexity index is 656. The first kappa shape index (κ1) is 14.1. The number of benzene rings is 1. The Morgan fingerprint density at radius 1 is 1.29 bits per heavy atom. The molecule has 1 atom stereocenters. The Morgan fingerprint density at radius 3 is 2.95 bits per heavy atom. The van der Waals surface area contributed by atoms with Crippen molar-refractivity contribution in [2.45, 2.75) is 25.2 Å². The van der Waals surface area contributed by atoms with Gasteiger partial charge in [-0.1, -0.05) is 18.2 Å². The van der Waals surface area contributed by atoms with Gasteiger partial charge < -0.3 is 4.74 Å². The molecule has 0 radical (unpaired) electrons. The number of methoxy groups -OCH3 is 1. The van der Waals surface area contributed by atoms with E-state index in [1.54, 1.807) is 18.4 Å². The summed E-state index contributed by atoms with van der Waals surface area (Å²) in [4.78, 5) is 13.7. The summed E-state index contributed by atoms with van der Waals surface area (Å²) in [6.45, 7) is 0. The second-order valence-corrected chi connectivity index (χ2v) is 6.24. The van der Waals surface area contributed by atoms with Crippen LogP contribution in [0.4, 0.5) is 0 Å². The molecular formula is C18H18O2S. The lowest BCUT2D eigenvalue weighted by atomic mass is 9.81. The van der Waals surface area contributed by atoms with Crippen LogP contribution >= 0.6 is 11.3 Å². The summed E-state index contributed by atoms with van der Waals surface area (Å²) < 4.78 is 5.26. The third-order valence-corrected chi connectivity index (χ3v) is 4.88. The van der Waals surface area contributed by atoms with Crippen LogP contribution in [-0.4, -0.2) is 12.9 Å². The van der Waals surface area contributed by atoms with Gasteiger partial charge in [0.1, 0.15) is 5.75 Å². The van der Waals surface area contributed by atoms with E-state index in [1.807, 2.05) is 30.3 Å². The lowest BCUT2D eigenvalue weighted by Gasteiger charge is -2.23. The summed E-state index contributed by atoms with van der Waals surface area (Å²) in [6, 6.07) is 12.1. The van der Waals surface area contributed by atoms with E-state index < -0.39 is 0 Å². The molecule has 0 bridgehead atoms. The summed E-state index contributed by atoms with van der Waals surface area (Å²) in [7, 11) is 1.66. The zero-order valence-electron chi connectivity index (χ0n) is 12.0. The van der Waals surface area contributed by atoms with Crippen molar-refractivity contribution >= 4 is 23.2 Å². The average Bonchev–Trinajstić information content (AvgIpc) is 3.04. The fourth-order valence-electron chi connectivity index (χ4n) is 2.84. The molecule has 1 aliphatic carbocycles. The van der Waals surface area contributed by atoms with E-state index in [0.29, 0.717) is 6.42 Å². The van der Waals surface area contributed by atoms with Crippen LogP contribution in [-0.2, 0) is 4.79 Å². The van der Waals surface area contributed by atoms with E-state index in [4.69, 9.17) is 4.74 Å². The van der Waals surface area contributed by atoms with Gasteiger partial charge >= 0.3 is 0 Å². The Kier molecular flexibility index (Phi) is 4.20. The molecule has 1 aromatic heterocycles. The molecule has 0 aliphatic heterocycles. The van der Waals surface area contributed by atoms with Gasteiger partial charge in [-0.3, -0.25) is 4.79 Å². The number of ether oxygens (including phenoxy) is 1. The van der Waals surface area contributed by atoms with Crippen molar-refractivity contribution in [2.24, 2.45) is 0 Å². The molecule has 1 aliphatic rings. The summed E-state index contributed by atoms with van der Waals surface area (Å²) in [6.07, 6.45) is 4.74. The van der Waals surface area contributed by atoms with Crippen molar-refractivity contribution in [3.63, 3.8) is 0 Å². The fraction of sp³-hybridized carbons (Fsp3) is 0.278. The number of rotatable bonds is 3. The van der Waals surface area contributed by atoms with Crippen molar-refractivity contribution in [1.82, 2.24) is 0 Å². The highest BCUT2D eigenvalue weighted by Gasteiger charge is 2.27. The monoisotopic (exact) mass is 298 g/mol. The van der Waals surface area contributed by atoms with Crippen molar-refractivity contribution in [1.29, 1.82) is 0 Å². The highest BCUT2D eigenvalue weighted by atomic mass is 32.1. The summed E-state index contributed by atoms with van der Waals surface area (Å²) in [5.41, 5.74) is 1.97. The molecule has 1 aromatic carbocycles. The van der Waals surface area contributed by atoms with Gasteiger partial charge in [-0.25, -0.2) is 0 Å². The predicted octanol–water partition coefficient (Wildman–Crippen LogP) is 4.68. The van der Waals surface area contributed by atoms with Crippen LogP contribution < -0.4 is 4.74 Å². The zero-order chi connectivity index (χ0) is 14.7. The number of Topliss-reactive ketones (excluding diaryl/α,β-unsaturated/α-hetero) is 1. The van der Waals surface area contributed by atoms with E-state index in [2.05, 4.69) is 17.5 Å². The molecule has 0 amide bonds. The molecule has 108 valence electrons. The molecule has 1 heterocycles. The highest BCUT2D eigenvalue weighted by Crippen LogP contribution is 2.38. The number of carbonyl (C=O) groups is 1. The zero-order valence-corrected chi connectivity index (χ0v) is 12.9. The van der Waals surface area contributed by atoms with Crippen LogP contribution in [0.25, 0.3) is 6.08 Å². The van der Waals surface area contributed by atoms with E-state index in [1.165, 1.54) is 4.88 Å². The predicted molar refractivity (Wildman–Crippen MR) is 86.9 cm³/mol. The third kappa shape index (κ3) is 3.08. The molecule has 21 heavy (non-hydrogen) atoms. The van der Waals surface area contributed by atoms with Gasteiger partial charge in [0.15, 0.2) is 5.78 Å². The highest BCUT2D eigenvalue weighted by molar-refractivity contribution is 7.10. The van der Waals surface area contributed by atoms with Crippen LogP contribution in [0.5, 0.6) is 5.75 Å². The molecular weight excluding hydrogens is 280 g/mol. The normalized spacial score (nSPS) is 20.7.